The third-order valence-corrected chi connectivity index (χ3v) is 3.65. The minimum atomic E-state index is 0.571. The maximum absolute atomic E-state index is 9.44. The number of benzene rings is 1. The van der Waals surface area contributed by atoms with Gasteiger partial charge in [-0.25, -0.2) is 0 Å². The molecule has 0 aliphatic carbocycles. The lowest BCUT2D eigenvalue weighted by atomic mass is 9.98. The van der Waals surface area contributed by atoms with Crippen molar-refractivity contribution in [3.63, 3.8) is 0 Å². The SMILES string of the molecule is Cc1nc(-c2ccccn2)cc(-c2ccc(Cl)cc2)c1C#N. The molecule has 0 fully saturated rings. The number of nitriles is 1. The molecule has 3 rings (SSSR count). The minimum absolute atomic E-state index is 0.571. The molecule has 0 N–H and O–H groups in total. The first kappa shape index (κ1) is 14.2. The Bertz CT molecular complexity index is 850. The zero-order valence-corrected chi connectivity index (χ0v) is 12.7. The summed E-state index contributed by atoms with van der Waals surface area (Å²) in [5.41, 5.74) is 4.57. The molecule has 22 heavy (non-hydrogen) atoms. The fraction of sp³-hybridized carbons (Fsp3) is 0.0556. The van der Waals surface area contributed by atoms with Gasteiger partial charge in [0.25, 0.3) is 0 Å². The maximum Gasteiger partial charge on any atom is 0.102 e. The average Bonchev–Trinajstić information content (AvgIpc) is 2.55. The molecule has 3 nitrogen and oxygen atoms in total. The Hall–Kier alpha value is -2.70. The number of rotatable bonds is 2. The maximum atomic E-state index is 9.44. The fourth-order valence-electron chi connectivity index (χ4n) is 2.32. The summed E-state index contributed by atoms with van der Waals surface area (Å²) in [7, 11) is 0. The molecule has 0 aliphatic heterocycles. The van der Waals surface area contributed by atoms with E-state index in [0.29, 0.717) is 16.3 Å². The Labute approximate surface area is 133 Å². The van der Waals surface area contributed by atoms with Gasteiger partial charge in [-0.3, -0.25) is 9.97 Å². The predicted octanol–water partition coefficient (Wildman–Crippen LogP) is 4.64. The van der Waals surface area contributed by atoms with Crippen LogP contribution in [0.3, 0.4) is 0 Å². The van der Waals surface area contributed by atoms with Crippen molar-refractivity contribution in [2.75, 3.05) is 0 Å². The van der Waals surface area contributed by atoms with Crippen molar-refractivity contribution in [1.82, 2.24) is 9.97 Å². The molecule has 3 aromatic rings. The number of pyridine rings is 2. The van der Waals surface area contributed by atoms with Crippen LogP contribution in [0.1, 0.15) is 11.3 Å². The Morgan fingerprint density at radius 3 is 2.45 bits per heavy atom. The van der Waals surface area contributed by atoms with E-state index in [1.807, 2.05) is 55.5 Å². The second kappa shape index (κ2) is 5.97. The van der Waals surface area contributed by atoms with Crippen LogP contribution < -0.4 is 0 Å². The van der Waals surface area contributed by atoms with Gasteiger partial charge in [0.1, 0.15) is 6.07 Å². The highest BCUT2D eigenvalue weighted by molar-refractivity contribution is 6.30. The molecular formula is C18H12ClN3. The Morgan fingerprint density at radius 2 is 1.82 bits per heavy atom. The van der Waals surface area contributed by atoms with Gasteiger partial charge in [0.05, 0.1) is 22.6 Å². The van der Waals surface area contributed by atoms with Gasteiger partial charge in [-0.1, -0.05) is 29.8 Å². The number of aryl methyl sites for hydroxylation is 1. The normalized spacial score (nSPS) is 10.2. The van der Waals surface area contributed by atoms with Gasteiger partial charge >= 0.3 is 0 Å². The van der Waals surface area contributed by atoms with E-state index in [-0.39, 0.29) is 0 Å². The zero-order chi connectivity index (χ0) is 15.5. The summed E-state index contributed by atoms with van der Waals surface area (Å²) in [6.45, 7) is 1.84. The second-order valence-electron chi connectivity index (χ2n) is 4.85. The van der Waals surface area contributed by atoms with E-state index >= 15 is 0 Å². The topological polar surface area (TPSA) is 49.6 Å². The van der Waals surface area contributed by atoms with E-state index < -0.39 is 0 Å². The summed E-state index contributed by atoms with van der Waals surface area (Å²) < 4.78 is 0. The van der Waals surface area contributed by atoms with E-state index in [2.05, 4.69) is 16.0 Å². The van der Waals surface area contributed by atoms with Crippen molar-refractivity contribution in [2.45, 2.75) is 6.92 Å². The Balaban J connectivity index is 2.22. The Morgan fingerprint density at radius 1 is 1.05 bits per heavy atom. The van der Waals surface area contributed by atoms with Gasteiger partial charge in [-0.05, 0) is 42.8 Å². The summed E-state index contributed by atoms with van der Waals surface area (Å²) in [6, 6.07) is 17.3. The number of nitrogens with zero attached hydrogens (tertiary/aromatic N) is 3. The van der Waals surface area contributed by atoms with Crippen LogP contribution in [-0.2, 0) is 0 Å². The molecule has 0 aliphatic rings. The molecule has 0 saturated heterocycles. The monoisotopic (exact) mass is 305 g/mol. The summed E-state index contributed by atoms with van der Waals surface area (Å²) in [5.74, 6) is 0. The highest BCUT2D eigenvalue weighted by atomic mass is 35.5. The van der Waals surface area contributed by atoms with Crippen LogP contribution in [-0.4, -0.2) is 9.97 Å². The van der Waals surface area contributed by atoms with Crippen LogP contribution >= 0.6 is 11.6 Å². The second-order valence-corrected chi connectivity index (χ2v) is 5.29. The molecule has 0 radical (unpaired) electrons. The Kier molecular flexibility index (Phi) is 3.86. The van der Waals surface area contributed by atoms with Crippen LogP contribution in [0.2, 0.25) is 5.02 Å². The van der Waals surface area contributed by atoms with Crippen LogP contribution in [0, 0.1) is 18.3 Å². The molecule has 1 aromatic carbocycles. The molecule has 2 aromatic heterocycles. The standard InChI is InChI=1S/C18H12ClN3/c1-12-16(11-20)15(13-5-7-14(19)8-6-13)10-18(22-12)17-4-2-3-9-21-17/h2-10H,1H3. The quantitative estimate of drug-likeness (QED) is 0.692. The number of hydrogen-bond acceptors (Lipinski definition) is 3. The molecule has 4 heteroatoms. The lowest BCUT2D eigenvalue weighted by Crippen LogP contribution is -1.96. The summed E-state index contributed by atoms with van der Waals surface area (Å²) in [4.78, 5) is 8.83. The third-order valence-electron chi connectivity index (χ3n) is 3.39. The molecule has 0 saturated carbocycles. The molecule has 106 valence electrons. The summed E-state index contributed by atoms with van der Waals surface area (Å²) in [5, 5.41) is 10.1. The first-order valence-corrected chi connectivity index (χ1v) is 7.16. The predicted molar refractivity (Wildman–Crippen MR) is 87.4 cm³/mol. The van der Waals surface area contributed by atoms with Crippen molar-refractivity contribution in [1.29, 1.82) is 5.26 Å². The van der Waals surface area contributed by atoms with E-state index in [1.54, 1.807) is 6.20 Å². The summed E-state index contributed by atoms with van der Waals surface area (Å²) >= 11 is 5.94. The number of halogens is 1. The van der Waals surface area contributed by atoms with Gasteiger partial charge in [-0.15, -0.1) is 0 Å². The van der Waals surface area contributed by atoms with E-state index in [4.69, 9.17) is 11.6 Å². The lowest BCUT2D eigenvalue weighted by Gasteiger charge is -2.10. The van der Waals surface area contributed by atoms with Gasteiger partial charge < -0.3 is 0 Å². The number of hydrogen-bond donors (Lipinski definition) is 0. The molecule has 0 bridgehead atoms. The van der Waals surface area contributed by atoms with Crippen molar-refractivity contribution >= 4 is 11.6 Å². The van der Waals surface area contributed by atoms with Crippen LogP contribution in [0.25, 0.3) is 22.5 Å². The van der Waals surface area contributed by atoms with E-state index in [9.17, 15) is 5.26 Å². The highest BCUT2D eigenvalue weighted by Gasteiger charge is 2.13. The molecule has 0 amide bonds. The molecular weight excluding hydrogens is 294 g/mol. The van der Waals surface area contributed by atoms with Crippen molar-refractivity contribution in [3.05, 3.63) is 71.0 Å². The van der Waals surface area contributed by atoms with E-state index in [0.717, 1.165) is 22.5 Å². The van der Waals surface area contributed by atoms with Crippen molar-refractivity contribution < 1.29 is 0 Å². The van der Waals surface area contributed by atoms with Crippen LogP contribution in [0.15, 0.2) is 54.7 Å². The van der Waals surface area contributed by atoms with Crippen LogP contribution in [0.4, 0.5) is 0 Å². The van der Waals surface area contributed by atoms with Gasteiger partial charge in [0.2, 0.25) is 0 Å². The third kappa shape index (κ3) is 2.69. The summed E-state index contributed by atoms with van der Waals surface area (Å²) in [6.07, 6.45) is 1.73. The van der Waals surface area contributed by atoms with Gasteiger partial charge in [0, 0.05) is 16.8 Å². The zero-order valence-electron chi connectivity index (χ0n) is 11.9. The van der Waals surface area contributed by atoms with Gasteiger partial charge in [-0.2, -0.15) is 5.26 Å². The smallest absolute Gasteiger partial charge is 0.102 e. The lowest BCUT2D eigenvalue weighted by molar-refractivity contribution is 1.16. The number of aromatic nitrogens is 2. The largest absolute Gasteiger partial charge is 0.255 e. The van der Waals surface area contributed by atoms with Crippen molar-refractivity contribution in [2.24, 2.45) is 0 Å². The molecule has 0 spiro atoms. The first-order valence-electron chi connectivity index (χ1n) is 6.78. The van der Waals surface area contributed by atoms with Gasteiger partial charge in [0.15, 0.2) is 0 Å². The minimum Gasteiger partial charge on any atom is -0.255 e. The van der Waals surface area contributed by atoms with E-state index in [1.165, 1.54) is 0 Å². The fourth-order valence-corrected chi connectivity index (χ4v) is 2.44. The van der Waals surface area contributed by atoms with Crippen LogP contribution in [0.5, 0.6) is 0 Å². The highest BCUT2D eigenvalue weighted by Crippen LogP contribution is 2.29. The first-order chi connectivity index (χ1) is 10.7. The van der Waals surface area contributed by atoms with Crippen molar-refractivity contribution in [3.8, 4) is 28.6 Å². The average molecular weight is 306 g/mol. The molecule has 0 atom stereocenters. The molecule has 2 heterocycles. The molecule has 0 unspecified atom stereocenters.